The lowest BCUT2D eigenvalue weighted by atomic mass is 9.88. The number of rotatable bonds is 4. The maximum Gasteiger partial charge on any atom is 0.164 e. The fourth-order valence-electron chi connectivity index (χ4n) is 8.78. The van der Waals surface area contributed by atoms with Gasteiger partial charge >= 0.3 is 0 Å². The van der Waals surface area contributed by atoms with Crippen molar-refractivity contribution < 1.29 is 4.42 Å². The van der Waals surface area contributed by atoms with Crippen molar-refractivity contribution in [2.75, 3.05) is 4.90 Å². The van der Waals surface area contributed by atoms with Gasteiger partial charge in [0.05, 0.1) is 17.1 Å². The zero-order chi connectivity index (χ0) is 36.7. The van der Waals surface area contributed by atoms with Gasteiger partial charge in [-0.05, 0) is 52.1 Å². The number of nitrogens with zero attached hydrogens (tertiary/aromatic N) is 4. The van der Waals surface area contributed by atoms with Crippen LogP contribution < -0.4 is 4.90 Å². The highest BCUT2D eigenvalue weighted by molar-refractivity contribution is 6.21. The zero-order valence-electron chi connectivity index (χ0n) is 30.0. The van der Waals surface area contributed by atoms with E-state index < -0.39 is 0 Å². The first-order valence-corrected chi connectivity index (χ1v) is 18.9. The molecule has 3 heterocycles. The van der Waals surface area contributed by atoms with Crippen LogP contribution in [0.4, 0.5) is 17.1 Å². The molecular weight excluding hydrogens is 685 g/mol. The summed E-state index contributed by atoms with van der Waals surface area (Å²) in [6, 6.07) is 63.9. The highest BCUT2D eigenvalue weighted by Crippen LogP contribution is 2.54. The molecule has 0 spiro atoms. The van der Waals surface area contributed by atoms with E-state index in [-0.39, 0.29) is 0 Å². The maximum absolute atomic E-state index is 6.29. The molecule has 0 fully saturated rings. The second kappa shape index (κ2) is 11.9. The predicted molar refractivity (Wildman–Crippen MR) is 230 cm³/mol. The lowest BCUT2D eigenvalue weighted by molar-refractivity contribution is 0.669. The number of hydrogen-bond donors (Lipinski definition) is 0. The largest absolute Gasteiger partial charge is 0.456 e. The van der Waals surface area contributed by atoms with Crippen LogP contribution >= 0.6 is 0 Å². The van der Waals surface area contributed by atoms with Crippen molar-refractivity contribution in [2.45, 2.75) is 0 Å². The van der Waals surface area contributed by atoms with Crippen LogP contribution in [0.3, 0.4) is 0 Å². The van der Waals surface area contributed by atoms with Crippen LogP contribution in [-0.2, 0) is 0 Å². The lowest BCUT2D eigenvalue weighted by Gasteiger charge is -2.35. The van der Waals surface area contributed by atoms with Crippen LogP contribution in [0.5, 0.6) is 0 Å². The molecule has 0 saturated carbocycles. The van der Waals surface area contributed by atoms with Gasteiger partial charge in [-0.1, -0.05) is 152 Å². The Kier molecular flexibility index (Phi) is 6.56. The fourth-order valence-corrected chi connectivity index (χ4v) is 8.78. The summed E-state index contributed by atoms with van der Waals surface area (Å²) >= 11 is 0. The monoisotopic (exact) mass is 714 g/mol. The van der Waals surface area contributed by atoms with E-state index in [1.54, 1.807) is 0 Å². The molecule has 9 aromatic carbocycles. The number of furan rings is 1. The molecule has 5 nitrogen and oxygen atoms in total. The van der Waals surface area contributed by atoms with Gasteiger partial charge in [0.2, 0.25) is 0 Å². The number of fused-ring (bicyclic) bond motifs is 8. The Morgan fingerprint density at radius 1 is 0.339 bits per heavy atom. The normalized spacial score (nSPS) is 12.2. The average molecular weight is 715 g/mol. The first-order chi connectivity index (χ1) is 27.8. The molecule has 0 aliphatic carbocycles. The number of aromatic nitrogens is 3. The summed E-state index contributed by atoms with van der Waals surface area (Å²) in [7, 11) is 0. The van der Waals surface area contributed by atoms with Crippen LogP contribution in [0.25, 0.3) is 99.5 Å². The van der Waals surface area contributed by atoms with Crippen LogP contribution in [-0.4, -0.2) is 15.0 Å². The summed E-state index contributed by atoms with van der Waals surface area (Å²) in [5, 5.41) is 9.06. The molecule has 0 atom stereocenters. The molecule has 0 amide bonds. The molecule has 0 unspecified atom stereocenters. The Balaban J connectivity index is 1.12. The smallest absolute Gasteiger partial charge is 0.164 e. The van der Waals surface area contributed by atoms with Crippen molar-refractivity contribution in [2.24, 2.45) is 0 Å². The molecule has 2 aromatic heterocycles. The van der Waals surface area contributed by atoms with Gasteiger partial charge in [0.25, 0.3) is 0 Å². The minimum absolute atomic E-state index is 0.596. The van der Waals surface area contributed by atoms with Gasteiger partial charge in [-0.15, -0.1) is 0 Å². The predicted octanol–water partition coefficient (Wildman–Crippen LogP) is 13.7. The molecule has 0 N–H and O–H groups in total. The van der Waals surface area contributed by atoms with Gasteiger partial charge in [-0.25, -0.2) is 15.0 Å². The molecule has 56 heavy (non-hydrogen) atoms. The van der Waals surface area contributed by atoms with Crippen molar-refractivity contribution in [1.82, 2.24) is 15.0 Å². The molecule has 1 aliphatic heterocycles. The lowest BCUT2D eigenvalue weighted by Crippen LogP contribution is -2.16. The molecule has 1 aliphatic rings. The molecule has 0 radical (unpaired) electrons. The van der Waals surface area contributed by atoms with E-state index in [0.29, 0.717) is 17.5 Å². The molecule has 260 valence electrons. The van der Waals surface area contributed by atoms with E-state index in [4.69, 9.17) is 19.4 Å². The number of benzene rings is 9. The van der Waals surface area contributed by atoms with E-state index in [1.165, 1.54) is 38.4 Å². The van der Waals surface area contributed by atoms with E-state index >= 15 is 0 Å². The average Bonchev–Trinajstić information content (AvgIpc) is 3.66. The Bertz CT molecular complexity index is 3380. The fraction of sp³-hybridized carbons (Fsp3) is 0. The van der Waals surface area contributed by atoms with Gasteiger partial charge in [0.1, 0.15) is 11.2 Å². The van der Waals surface area contributed by atoms with Crippen LogP contribution in [0.15, 0.2) is 186 Å². The molecule has 0 saturated heterocycles. The van der Waals surface area contributed by atoms with Gasteiger partial charge in [-0.3, -0.25) is 0 Å². The van der Waals surface area contributed by atoms with Crippen LogP contribution in [0.1, 0.15) is 0 Å². The summed E-state index contributed by atoms with van der Waals surface area (Å²) in [5.41, 5.74) is 10.3. The summed E-state index contributed by atoms with van der Waals surface area (Å²) in [6.45, 7) is 0. The second-order valence-electron chi connectivity index (χ2n) is 14.3. The van der Waals surface area contributed by atoms with Gasteiger partial charge in [-0.2, -0.15) is 0 Å². The maximum atomic E-state index is 6.29. The third kappa shape index (κ3) is 4.52. The third-order valence-electron chi connectivity index (χ3n) is 11.2. The number of anilines is 3. The minimum atomic E-state index is 0.596. The van der Waals surface area contributed by atoms with E-state index in [0.717, 1.165) is 60.8 Å². The van der Waals surface area contributed by atoms with Gasteiger partial charge < -0.3 is 9.32 Å². The zero-order valence-corrected chi connectivity index (χ0v) is 30.0. The van der Waals surface area contributed by atoms with Gasteiger partial charge in [0, 0.05) is 49.2 Å². The van der Waals surface area contributed by atoms with Crippen molar-refractivity contribution >= 4 is 71.3 Å². The molecule has 11 aromatic rings. The minimum Gasteiger partial charge on any atom is -0.456 e. The highest BCUT2D eigenvalue weighted by Gasteiger charge is 2.29. The first kappa shape index (κ1) is 30.8. The van der Waals surface area contributed by atoms with Gasteiger partial charge in [0.15, 0.2) is 17.5 Å². The Morgan fingerprint density at radius 3 is 1.84 bits per heavy atom. The van der Waals surface area contributed by atoms with Crippen LogP contribution in [0, 0.1) is 0 Å². The molecule has 12 rings (SSSR count). The van der Waals surface area contributed by atoms with Crippen molar-refractivity contribution in [3.05, 3.63) is 182 Å². The van der Waals surface area contributed by atoms with E-state index in [9.17, 15) is 0 Å². The highest BCUT2D eigenvalue weighted by atomic mass is 16.3. The SMILES string of the molecule is c1ccc(-c2nc(-c3ccc(N4c5c(ccc6ccccc56)-c5cccc6cccc4c56)c4ccccc34)nc(-c3cccc4oc5ccccc5c34)n2)cc1. The standard InChI is InChI=1S/C51H30N4O/c1-2-14-33(15-3-1)49-52-50(54-51(53-49)41-23-12-26-45-47(41)40-21-8-9-25-44(40)56-45)39-29-30-42(36-20-7-6-19-35(36)39)55-43-24-11-17-32-16-10-22-37(46(32)43)38-28-27-31-13-4-5-18-34(31)48(38)55/h1-30H. The molecule has 5 heteroatoms. The first-order valence-electron chi connectivity index (χ1n) is 18.9. The van der Waals surface area contributed by atoms with Crippen molar-refractivity contribution in [3.63, 3.8) is 0 Å². The molecule has 0 bridgehead atoms. The summed E-state index contributed by atoms with van der Waals surface area (Å²) < 4.78 is 6.29. The van der Waals surface area contributed by atoms with Crippen molar-refractivity contribution in [1.29, 1.82) is 0 Å². The number of hydrogen-bond acceptors (Lipinski definition) is 5. The topological polar surface area (TPSA) is 55.1 Å². The van der Waals surface area contributed by atoms with Crippen molar-refractivity contribution in [3.8, 4) is 45.3 Å². The quantitative estimate of drug-likeness (QED) is 0.182. The summed E-state index contributed by atoms with van der Waals surface area (Å²) in [6.07, 6.45) is 0. The summed E-state index contributed by atoms with van der Waals surface area (Å²) in [4.78, 5) is 18.1. The van der Waals surface area contributed by atoms with E-state index in [2.05, 4.69) is 138 Å². The third-order valence-corrected chi connectivity index (χ3v) is 11.2. The van der Waals surface area contributed by atoms with E-state index in [1.807, 2.05) is 48.5 Å². The Hall–Kier alpha value is -7.63. The summed E-state index contributed by atoms with van der Waals surface area (Å²) in [5.74, 6) is 1.82. The molecular formula is C51H30N4O. The number of para-hydroxylation sites is 1. The Labute approximate surface area is 321 Å². The van der Waals surface area contributed by atoms with Crippen LogP contribution in [0.2, 0.25) is 0 Å². The Morgan fingerprint density at radius 2 is 0.964 bits per heavy atom. The second-order valence-corrected chi connectivity index (χ2v) is 14.3.